The molecule has 7 nitrogen and oxygen atoms in total. The molecule has 0 atom stereocenters. The van der Waals surface area contributed by atoms with Gasteiger partial charge in [0.2, 0.25) is 5.91 Å². The number of thioether (sulfide) groups is 1. The lowest BCUT2D eigenvalue weighted by Gasteiger charge is -2.18. The average molecular weight is 438 g/mol. The van der Waals surface area contributed by atoms with Gasteiger partial charge >= 0.3 is 0 Å². The molecule has 3 aromatic rings. The van der Waals surface area contributed by atoms with Gasteiger partial charge in [-0.25, -0.2) is 0 Å². The lowest BCUT2D eigenvalue weighted by molar-refractivity contribution is -0.113. The Kier molecular flexibility index (Phi) is 7.46. The van der Waals surface area contributed by atoms with E-state index in [1.165, 1.54) is 11.8 Å². The van der Waals surface area contributed by atoms with Crippen molar-refractivity contribution in [1.29, 1.82) is 0 Å². The van der Waals surface area contributed by atoms with E-state index in [2.05, 4.69) is 15.5 Å². The molecular weight excluding hydrogens is 410 g/mol. The van der Waals surface area contributed by atoms with Crippen LogP contribution in [0.15, 0.2) is 53.7 Å². The van der Waals surface area contributed by atoms with Gasteiger partial charge in [0.1, 0.15) is 5.82 Å². The highest BCUT2D eigenvalue weighted by atomic mass is 32.2. The molecule has 0 fully saturated rings. The van der Waals surface area contributed by atoms with Crippen molar-refractivity contribution in [2.45, 2.75) is 32.9 Å². The van der Waals surface area contributed by atoms with Crippen LogP contribution < -0.4 is 5.32 Å². The van der Waals surface area contributed by atoms with E-state index in [-0.39, 0.29) is 17.6 Å². The van der Waals surface area contributed by atoms with Crippen LogP contribution in [0.3, 0.4) is 0 Å². The summed E-state index contributed by atoms with van der Waals surface area (Å²) < 4.78 is 1.96. The first-order chi connectivity index (χ1) is 14.9. The molecule has 0 saturated carbocycles. The third-order valence-corrected chi connectivity index (χ3v) is 5.88. The van der Waals surface area contributed by atoms with Crippen LogP contribution in [0.2, 0.25) is 0 Å². The molecule has 0 saturated heterocycles. The van der Waals surface area contributed by atoms with Crippen LogP contribution in [0.1, 0.15) is 35.6 Å². The Bertz CT molecular complexity index is 1060. The first kappa shape index (κ1) is 22.6. The minimum atomic E-state index is -0.148. The number of benzene rings is 2. The molecule has 0 radical (unpaired) electrons. The predicted octanol–water partition coefficient (Wildman–Crippen LogP) is 4.10. The second-order valence-electron chi connectivity index (χ2n) is 7.04. The van der Waals surface area contributed by atoms with E-state index in [1.807, 2.05) is 56.5 Å². The summed E-state index contributed by atoms with van der Waals surface area (Å²) in [7, 11) is 0. The van der Waals surface area contributed by atoms with Gasteiger partial charge in [-0.2, -0.15) is 0 Å². The SMILES string of the molecule is CCN(CC)C(=O)c1ccc(NC(=O)CSc2nnc(C)n2-c2ccccc2C)cc1. The Morgan fingerprint density at radius 2 is 1.68 bits per heavy atom. The highest BCUT2D eigenvalue weighted by Crippen LogP contribution is 2.24. The maximum atomic E-state index is 12.5. The average Bonchev–Trinajstić information content (AvgIpc) is 3.14. The summed E-state index contributed by atoms with van der Waals surface area (Å²) in [6.07, 6.45) is 0. The molecule has 3 rings (SSSR count). The number of carbonyl (C=O) groups is 2. The molecule has 162 valence electrons. The van der Waals surface area contributed by atoms with Crippen molar-refractivity contribution in [3.8, 4) is 5.69 Å². The molecule has 0 aliphatic carbocycles. The van der Waals surface area contributed by atoms with Gasteiger partial charge < -0.3 is 10.2 Å². The van der Waals surface area contributed by atoms with E-state index in [1.54, 1.807) is 29.2 Å². The summed E-state index contributed by atoms with van der Waals surface area (Å²) in [5, 5.41) is 11.9. The molecule has 0 unspecified atom stereocenters. The van der Waals surface area contributed by atoms with Crippen LogP contribution in [0, 0.1) is 13.8 Å². The molecule has 2 aromatic carbocycles. The number of hydrogen-bond acceptors (Lipinski definition) is 5. The molecule has 0 aliphatic heterocycles. The monoisotopic (exact) mass is 437 g/mol. The Hall–Kier alpha value is -3.13. The van der Waals surface area contributed by atoms with Crippen molar-refractivity contribution in [3.63, 3.8) is 0 Å². The van der Waals surface area contributed by atoms with Crippen LogP contribution in [-0.4, -0.2) is 50.3 Å². The Labute approximate surface area is 186 Å². The minimum absolute atomic E-state index is 0.00987. The van der Waals surface area contributed by atoms with Crippen LogP contribution in [0.25, 0.3) is 5.69 Å². The summed E-state index contributed by atoms with van der Waals surface area (Å²) in [4.78, 5) is 26.6. The number of nitrogens with one attached hydrogen (secondary N) is 1. The number of anilines is 1. The van der Waals surface area contributed by atoms with Gasteiger partial charge in [-0.15, -0.1) is 10.2 Å². The van der Waals surface area contributed by atoms with Crippen molar-refractivity contribution >= 4 is 29.3 Å². The van der Waals surface area contributed by atoms with E-state index in [0.29, 0.717) is 29.5 Å². The van der Waals surface area contributed by atoms with E-state index in [0.717, 1.165) is 17.1 Å². The van der Waals surface area contributed by atoms with Gasteiger partial charge in [0, 0.05) is 24.3 Å². The zero-order valence-electron chi connectivity index (χ0n) is 18.3. The summed E-state index contributed by atoms with van der Waals surface area (Å²) in [6, 6.07) is 15.0. The largest absolute Gasteiger partial charge is 0.339 e. The van der Waals surface area contributed by atoms with E-state index in [4.69, 9.17) is 0 Å². The highest BCUT2D eigenvalue weighted by molar-refractivity contribution is 7.99. The summed E-state index contributed by atoms with van der Waals surface area (Å²) in [5.41, 5.74) is 3.37. The molecule has 8 heteroatoms. The minimum Gasteiger partial charge on any atom is -0.339 e. The second kappa shape index (κ2) is 10.3. The standard InChI is InChI=1S/C23H27N5O2S/c1-5-27(6-2)22(30)18-11-13-19(14-12-18)24-21(29)15-31-23-26-25-17(4)28(23)20-10-8-7-9-16(20)3/h7-14H,5-6,15H2,1-4H3,(H,24,29). The number of carbonyl (C=O) groups excluding carboxylic acids is 2. The lowest BCUT2D eigenvalue weighted by atomic mass is 10.2. The first-order valence-corrected chi connectivity index (χ1v) is 11.2. The van der Waals surface area contributed by atoms with Gasteiger partial charge in [-0.1, -0.05) is 30.0 Å². The molecule has 2 amide bonds. The molecule has 0 spiro atoms. The first-order valence-electron chi connectivity index (χ1n) is 10.2. The van der Waals surface area contributed by atoms with Crippen molar-refractivity contribution in [3.05, 3.63) is 65.5 Å². The zero-order valence-corrected chi connectivity index (χ0v) is 19.1. The van der Waals surface area contributed by atoms with Crippen LogP contribution in [-0.2, 0) is 4.79 Å². The van der Waals surface area contributed by atoms with Crippen molar-refractivity contribution in [2.75, 3.05) is 24.2 Å². The molecule has 31 heavy (non-hydrogen) atoms. The maximum Gasteiger partial charge on any atom is 0.253 e. The molecule has 1 N–H and O–H groups in total. The Morgan fingerprint density at radius 3 is 2.32 bits per heavy atom. The van der Waals surface area contributed by atoms with E-state index < -0.39 is 0 Å². The lowest BCUT2D eigenvalue weighted by Crippen LogP contribution is -2.30. The van der Waals surface area contributed by atoms with Crippen molar-refractivity contribution in [1.82, 2.24) is 19.7 Å². The maximum absolute atomic E-state index is 12.5. The summed E-state index contributed by atoms with van der Waals surface area (Å²) in [6.45, 7) is 9.16. The van der Waals surface area contributed by atoms with Gasteiger partial charge in [0.15, 0.2) is 5.16 Å². The van der Waals surface area contributed by atoms with Gasteiger partial charge in [0.25, 0.3) is 5.91 Å². The van der Waals surface area contributed by atoms with E-state index >= 15 is 0 Å². The molecule has 1 aromatic heterocycles. The number of hydrogen-bond donors (Lipinski definition) is 1. The fourth-order valence-corrected chi connectivity index (χ4v) is 4.04. The molecule has 1 heterocycles. The Balaban J connectivity index is 1.63. The smallest absolute Gasteiger partial charge is 0.253 e. The topological polar surface area (TPSA) is 80.1 Å². The Morgan fingerprint density at radius 1 is 1.00 bits per heavy atom. The van der Waals surface area contributed by atoms with Gasteiger partial charge in [0.05, 0.1) is 11.4 Å². The van der Waals surface area contributed by atoms with Gasteiger partial charge in [-0.3, -0.25) is 14.2 Å². The third kappa shape index (κ3) is 5.32. The van der Waals surface area contributed by atoms with Crippen LogP contribution in [0.4, 0.5) is 5.69 Å². The van der Waals surface area contributed by atoms with Gasteiger partial charge in [-0.05, 0) is 63.6 Å². The quantitative estimate of drug-likeness (QED) is 0.537. The zero-order chi connectivity index (χ0) is 22.4. The third-order valence-electron chi connectivity index (χ3n) is 4.95. The second-order valence-corrected chi connectivity index (χ2v) is 7.99. The number of rotatable bonds is 8. The molecule has 0 aliphatic rings. The number of aromatic nitrogens is 3. The fraction of sp³-hybridized carbons (Fsp3) is 0.304. The van der Waals surface area contributed by atoms with Crippen LogP contribution in [0.5, 0.6) is 0 Å². The number of nitrogens with zero attached hydrogens (tertiary/aromatic N) is 4. The normalized spacial score (nSPS) is 10.7. The summed E-state index contributed by atoms with van der Waals surface area (Å²) in [5.74, 6) is 0.809. The fourth-order valence-electron chi connectivity index (χ4n) is 3.24. The van der Waals surface area contributed by atoms with Crippen molar-refractivity contribution in [2.24, 2.45) is 0 Å². The number of amides is 2. The number of aryl methyl sites for hydroxylation is 2. The predicted molar refractivity (Wildman–Crippen MR) is 124 cm³/mol. The van der Waals surface area contributed by atoms with Crippen LogP contribution >= 0.6 is 11.8 Å². The van der Waals surface area contributed by atoms with E-state index in [9.17, 15) is 9.59 Å². The highest BCUT2D eigenvalue weighted by Gasteiger charge is 2.15. The van der Waals surface area contributed by atoms with Crippen molar-refractivity contribution < 1.29 is 9.59 Å². The summed E-state index contributed by atoms with van der Waals surface area (Å²) >= 11 is 1.33. The number of para-hydroxylation sites is 1. The molecule has 0 bridgehead atoms. The molecular formula is C23H27N5O2S.